The van der Waals surface area contributed by atoms with Gasteiger partial charge in [0.2, 0.25) is 0 Å². The number of terminal acetylenes is 1. The molecule has 1 aliphatic rings. The molecule has 0 amide bonds. The maximum Gasteiger partial charge on any atom is 0.0214 e. The van der Waals surface area contributed by atoms with Crippen LogP contribution < -0.4 is 0 Å². The summed E-state index contributed by atoms with van der Waals surface area (Å²) in [6.45, 7) is 6.92. The summed E-state index contributed by atoms with van der Waals surface area (Å²) in [5, 5.41) is 0. The SMILES string of the molecule is C#CCCN1CCN(C)CCC1C. The van der Waals surface area contributed by atoms with Gasteiger partial charge in [-0.15, -0.1) is 12.3 Å². The molecule has 74 valence electrons. The summed E-state index contributed by atoms with van der Waals surface area (Å²) >= 11 is 0. The molecule has 1 unspecified atom stereocenters. The minimum Gasteiger partial charge on any atom is -0.305 e. The van der Waals surface area contributed by atoms with Gasteiger partial charge in [0.05, 0.1) is 0 Å². The number of rotatable bonds is 2. The van der Waals surface area contributed by atoms with E-state index in [1.54, 1.807) is 0 Å². The molecule has 13 heavy (non-hydrogen) atoms. The van der Waals surface area contributed by atoms with Gasteiger partial charge in [-0.3, -0.25) is 4.90 Å². The molecule has 1 heterocycles. The Kier molecular flexibility index (Phi) is 4.27. The van der Waals surface area contributed by atoms with Gasteiger partial charge in [-0.1, -0.05) is 0 Å². The summed E-state index contributed by atoms with van der Waals surface area (Å²) in [7, 11) is 2.19. The fourth-order valence-electron chi connectivity index (χ4n) is 1.76. The van der Waals surface area contributed by atoms with Crippen molar-refractivity contribution in [2.24, 2.45) is 0 Å². The average Bonchev–Trinajstić information content (AvgIpc) is 2.28. The third-order valence-corrected chi connectivity index (χ3v) is 2.86. The standard InChI is InChI=1S/C11H20N2/c1-4-5-7-13-10-9-12(3)8-6-11(13)2/h1,11H,5-10H2,2-3H3. The molecule has 0 aromatic rings. The smallest absolute Gasteiger partial charge is 0.0214 e. The van der Waals surface area contributed by atoms with Crippen LogP contribution >= 0.6 is 0 Å². The molecule has 2 nitrogen and oxygen atoms in total. The van der Waals surface area contributed by atoms with Crippen LogP contribution in [0.2, 0.25) is 0 Å². The Morgan fingerprint density at radius 3 is 2.85 bits per heavy atom. The largest absolute Gasteiger partial charge is 0.305 e. The topological polar surface area (TPSA) is 6.48 Å². The molecule has 1 atom stereocenters. The highest BCUT2D eigenvalue weighted by Crippen LogP contribution is 2.09. The first-order valence-electron chi connectivity index (χ1n) is 5.10. The summed E-state index contributed by atoms with van der Waals surface area (Å²) in [6.07, 6.45) is 7.42. The van der Waals surface area contributed by atoms with Crippen LogP contribution in [0.5, 0.6) is 0 Å². The zero-order chi connectivity index (χ0) is 9.68. The second-order valence-corrected chi connectivity index (χ2v) is 3.93. The molecule has 0 aromatic heterocycles. The Hall–Kier alpha value is -0.520. The second kappa shape index (κ2) is 5.26. The van der Waals surface area contributed by atoms with Gasteiger partial charge in [-0.2, -0.15) is 0 Å². The van der Waals surface area contributed by atoms with Gasteiger partial charge in [0.1, 0.15) is 0 Å². The summed E-state index contributed by atoms with van der Waals surface area (Å²) in [5.41, 5.74) is 0. The zero-order valence-corrected chi connectivity index (χ0v) is 8.79. The summed E-state index contributed by atoms with van der Waals surface area (Å²) in [5.74, 6) is 2.71. The fraction of sp³-hybridized carbons (Fsp3) is 0.818. The molecule has 0 radical (unpaired) electrons. The summed E-state index contributed by atoms with van der Waals surface area (Å²) in [4.78, 5) is 4.90. The van der Waals surface area contributed by atoms with Crippen LogP contribution in [-0.4, -0.2) is 49.1 Å². The van der Waals surface area contributed by atoms with E-state index in [2.05, 4.69) is 29.7 Å². The Balaban J connectivity index is 2.38. The molecule has 0 N–H and O–H groups in total. The van der Waals surface area contributed by atoms with Gasteiger partial charge in [-0.25, -0.2) is 0 Å². The van der Waals surface area contributed by atoms with Gasteiger partial charge in [0.15, 0.2) is 0 Å². The van der Waals surface area contributed by atoms with Gasteiger partial charge >= 0.3 is 0 Å². The zero-order valence-electron chi connectivity index (χ0n) is 8.79. The van der Waals surface area contributed by atoms with Crippen LogP contribution in [0.4, 0.5) is 0 Å². The van der Waals surface area contributed by atoms with Crippen LogP contribution in [0.3, 0.4) is 0 Å². The highest BCUT2D eigenvalue weighted by molar-refractivity contribution is 4.86. The Bertz CT molecular complexity index is 183. The van der Waals surface area contributed by atoms with Crippen molar-refractivity contribution in [3.8, 4) is 12.3 Å². The van der Waals surface area contributed by atoms with E-state index in [9.17, 15) is 0 Å². The lowest BCUT2D eigenvalue weighted by Gasteiger charge is -2.25. The van der Waals surface area contributed by atoms with E-state index < -0.39 is 0 Å². The molecule has 0 bridgehead atoms. The lowest BCUT2D eigenvalue weighted by atomic mass is 10.2. The molecule has 1 aliphatic heterocycles. The first-order chi connectivity index (χ1) is 6.24. The minimum atomic E-state index is 0.693. The third-order valence-electron chi connectivity index (χ3n) is 2.86. The molecule has 1 fully saturated rings. The van der Waals surface area contributed by atoms with E-state index in [1.165, 1.54) is 26.1 Å². The van der Waals surface area contributed by atoms with Crippen LogP contribution in [0.25, 0.3) is 0 Å². The lowest BCUT2D eigenvalue weighted by Crippen LogP contribution is -2.35. The van der Waals surface area contributed by atoms with Crippen LogP contribution in [0, 0.1) is 12.3 Å². The molecule has 1 saturated heterocycles. The van der Waals surface area contributed by atoms with Crippen LogP contribution in [0.15, 0.2) is 0 Å². The van der Waals surface area contributed by atoms with E-state index >= 15 is 0 Å². The monoisotopic (exact) mass is 180 g/mol. The van der Waals surface area contributed by atoms with E-state index in [0.29, 0.717) is 6.04 Å². The van der Waals surface area contributed by atoms with Crippen LogP contribution in [0.1, 0.15) is 19.8 Å². The quantitative estimate of drug-likeness (QED) is 0.586. The van der Waals surface area contributed by atoms with Crippen molar-refractivity contribution in [2.45, 2.75) is 25.8 Å². The van der Waals surface area contributed by atoms with Crippen molar-refractivity contribution in [3.05, 3.63) is 0 Å². The molecule has 0 saturated carbocycles. The number of hydrogen-bond donors (Lipinski definition) is 0. The normalized spacial score (nSPS) is 26.7. The number of likely N-dealkylation sites (N-methyl/N-ethyl adjacent to an activating group) is 1. The molecule has 0 aliphatic carbocycles. The fourth-order valence-corrected chi connectivity index (χ4v) is 1.76. The molecular formula is C11H20N2. The maximum absolute atomic E-state index is 5.27. The van der Waals surface area contributed by atoms with Crippen molar-refractivity contribution < 1.29 is 0 Å². The predicted molar refractivity (Wildman–Crippen MR) is 56.6 cm³/mol. The number of hydrogen-bond acceptors (Lipinski definition) is 2. The highest BCUT2D eigenvalue weighted by Gasteiger charge is 2.17. The summed E-state index contributed by atoms with van der Waals surface area (Å²) in [6, 6.07) is 0.693. The van der Waals surface area contributed by atoms with Crippen molar-refractivity contribution in [1.82, 2.24) is 9.80 Å². The van der Waals surface area contributed by atoms with E-state index in [4.69, 9.17) is 6.42 Å². The first-order valence-corrected chi connectivity index (χ1v) is 5.10. The van der Waals surface area contributed by atoms with Crippen LogP contribution in [-0.2, 0) is 0 Å². The Labute approximate surface area is 81.9 Å². The molecule has 0 aromatic carbocycles. The predicted octanol–water partition coefficient (Wildman–Crippen LogP) is 1.04. The third kappa shape index (κ3) is 3.38. The van der Waals surface area contributed by atoms with E-state index in [0.717, 1.165) is 13.0 Å². The summed E-state index contributed by atoms with van der Waals surface area (Å²) < 4.78 is 0. The van der Waals surface area contributed by atoms with Crippen molar-refractivity contribution in [2.75, 3.05) is 33.2 Å². The van der Waals surface area contributed by atoms with Crippen molar-refractivity contribution in [3.63, 3.8) is 0 Å². The molecule has 1 rings (SSSR count). The maximum atomic E-state index is 5.27. The second-order valence-electron chi connectivity index (χ2n) is 3.93. The van der Waals surface area contributed by atoms with Crippen molar-refractivity contribution in [1.29, 1.82) is 0 Å². The highest BCUT2D eigenvalue weighted by atomic mass is 15.2. The number of nitrogens with zero attached hydrogens (tertiary/aromatic N) is 2. The van der Waals surface area contributed by atoms with Gasteiger partial charge in [0.25, 0.3) is 0 Å². The average molecular weight is 180 g/mol. The lowest BCUT2D eigenvalue weighted by molar-refractivity contribution is 0.222. The Morgan fingerprint density at radius 1 is 1.38 bits per heavy atom. The molecule has 0 spiro atoms. The molecular weight excluding hydrogens is 160 g/mol. The van der Waals surface area contributed by atoms with E-state index in [1.807, 2.05) is 0 Å². The van der Waals surface area contributed by atoms with E-state index in [-0.39, 0.29) is 0 Å². The molecule has 2 heteroatoms. The first kappa shape index (κ1) is 10.6. The van der Waals surface area contributed by atoms with Gasteiger partial charge in [0, 0.05) is 32.1 Å². The van der Waals surface area contributed by atoms with Gasteiger partial charge < -0.3 is 4.90 Å². The minimum absolute atomic E-state index is 0.693. The Morgan fingerprint density at radius 2 is 2.15 bits per heavy atom. The van der Waals surface area contributed by atoms with Crippen molar-refractivity contribution >= 4 is 0 Å². The van der Waals surface area contributed by atoms with Gasteiger partial charge in [-0.05, 0) is 26.9 Å².